The molecule has 2 rings (SSSR count). The summed E-state index contributed by atoms with van der Waals surface area (Å²) in [5.41, 5.74) is 1.24. The molecule has 1 unspecified atom stereocenters. The van der Waals surface area contributed by atoms with Gasteiger partial charge >= 0.3 is 0 Å². The normalized spacial score (nSPS) is 19.0. The minimum atomic E-state index is 0. The van der Waals surface area contributed by atoms with Crippen LogP contribution in [0.5, 0.6) is 0 Å². The first-order valence-electron chi connectivity index (χ1n) is 8.63. The molecule has 1 atom stereocenters. The zero-order valence-corrected chi connectivity index (χ0v) is 16.8. The van der Waals surface area contributed by atoms with Crippen molar-refractivity contribution in [3.8, 4) is 0 Å². The molecule has 1 aromatic rings. The van der Waals surface area contributed by atoms with Gasteiger partial charge in [0.05, 0.1) is 6.54 Å². The molecule has 0 aliphatic carbocycles. The summed E-state index contributed by atoms with van der Waals surface area (Å²) in [6.07, 6.45) is 3.98. The van der Waals surface area contributed by atoms with Gasteiger partial charge in [-0.1, -0.05) is 43.7 Å². The van der Waals surface area contributed by atoms with Gasteiger partial charge in [0, 0.05) is 19.1 Å². The van der Waals surface area contributed by atoms with Gasteiger partial charge in [0.25, 0.3) is 0 Å². The Morgan fingerprint density at radius 3 is 2.65 bits per heavy atom. The molecule has 1 heterocycles. The average molecular weight is 430 g/mol. The van der Waals surface area contributed by atoms with Crippen molar-refractivity contribution in [3.05, 3.63) is 35.9 Å². The molecule has 130 valence electrons. The third kappa shape index (κ3) is 7.08. The number of nitrogens with zero attached hydrogens (tertiary/aromatic N) is 2. The van der Waals surface area contributed by atoms with Crippen LogP contribution in [0, 0.1) is 0 Å². The Labute approximate surface area is 158 Å². The van der Waals surface area contributed by atoms with Crippen molar-refractivity contribution in [2.75, 3.05) is 26.2 Å². The van der Waals surface area contributed by atoms with Gasteiger partial charge in [0.1, 0.15) is 0 Å². The number of likely N-dealkylation sites (tertiary alicyclic amines) is 1. The molecule has 4 nitrogen and oxygen atoms in total. The number of piperidine rings is 1. The van der Waals surface area contributed by atoms with E-state index in [9.17, 15) is 0 Å². The van der Waals surface area contributed by atoms with Gasteiger partial charge in [-0.2, -0.15) is 0 Å². The molecule has 1 fully saturated rings. The van der Waals surface area contributed by atoms with Crippen molar-refractivity contribution in [2.45, 2.75) is 45.7 Å². The molecule has 0 aromatic heterocycles. The molecule has 0 saturated carbocycles. The quantitative estimate of drug-likeness (QED) is 0.414. The Hall–Kier alpha value is -0.820. The number of likely N-dealkylation sites (N-methyl/N-ethyl adjacent to an activating group) is 1. The van der Waals surface area contributed by atoms with Crippen LogP contribution in [0.25, 0.3) is 0 Å². The highest BCUT2D eigenvalue weighted by Crippen LogP contribution is 2.15. The van der Waals surface area contributed by atoms with Gasteiger partial charge in [-0.15, -0.1) is 24.0 Å². The average Bonchev–Trinajstić information content (AvgIpc) is 2.58. The number of guanidine groups is 1. The third-order valence-corrected chi connectivity index (χ3v) is 4.27. The summed E-state index contributed by atoms with van der Waals surface area (Å²) in [6, 6.07) is 11.0. The maximum absolute atomic E-state index is 4.69. The van der Waals surface area contributed by atoms with Gasteiger partial charge in [0.2, 0.25) is 0 Å². The van der Waals surface area contributed by atoms with Crippen LogP contribution in [0.15, 0.2) is 35.3 Å². The van der Waals surface area contributed by atoms with E-state index in [2.05, 4.69) is 53.6 Å². The largest absolute Gasteiger partial charge is 0.357 e. The number of hydrogen-bond acceptors (Lipinski definition) is 2. The van der Waals surface area contributed by atoms with E-state index in [1.54, 1.807) is 0 Å². The summed E-state index contributed by atoms with van der Waals surface area (Å²) < 4.78 is 0. The second-order valence-corrected chi connectivity index (χ2v) is 5.84. The summed E-state index contributed by atoms with van der Waals surface area (Å²) in [5.74, 6) is 0.924. The van der Waals surface area contributed by atoms with E-state index < -0.39 is 0 Å². The molecule has 2 N–H and O–H groups in total. The fourth-order valence-corrected chi connectivity index (χ4v) is 3.02. The summed E-state index contributed by atoms with van der Waals surface area (Å²) >= 11 is 0. The van der Waals surface area contributed by atoms with E-state index >= 15 is 0 Å². The lowest BCUT2D eigenvalue weighted by Crippen LogP contribution is -2.49. The Kier molecular flexibility index (Phi) is 10.3. The molecule has 0 bridgehead atoms. The van der Waals surface area contributed by atoms with Crippen molar-refractivity contribution < 1.29 is 0 Å². The summed E-state index contributed by atoms with van der Waals surface area (Å²) in [6.45, 7) is 9.34. The highest BCUT2D eigenvalue weighted by molar-refractivity contribution is 14.0. The smallest absolute Gasteiger partial charge is 0.191 e. The number of rotatable bonds is 6. The molecule has 0 radical (unpaired) electrons. The minimum absolute atomic E-state index is 0. The number of nitrogens with one attached hydrogen (secondary N) is 2. The van der Waals surface area contributed by atoms with Gasteiger partial charge in [-0.05, 0) is 38.4 Å². The SMILES string of the molecule is CCNC(=NCc1ccccc1)NCC1CCCCN1CC.I. The van der Waals surface area contributed by atoms with Crippen LogP contribution in [0.2, 0.25) is 0 Å². The minimum Gasteiger partial charge on any atom is -0.357 e. The third-order valence-electron chi connectivity index (χ3n) is 4.27. The van der Waals surface area contributed by atoms with Crippen molar-refractivity contribution in [3.63, 3.8) is 0 Å². The summed E-state index contributed by atoms with van der Waals surface area (Å²) in [4.78, 5) is 7.28. The molecule has 0 amide bonds. The Balaban J connectivity index is 0.00000264. The van der Waals surface area contributed by atoms with E-state index in [0.29, 0.717) is 6.04 Å². The summed E-state index contributed by atoms with van der Waals surface area (Å²) in [5, 5.41) is 6.87. The number of halogens is 1. The molecule has 0 spiro atoms. The first kappa shape index (κ1) is 20.2. The fourth-order valence-electron chi connectivity index (χ4n) is 3.02. The predicted molar refractivity (Wildman–Crippen MR) is 110 cm³/mol. The van der Waals surface area contributed by atoms with E-state index in [1.807, 2.05) is 6.07 Å². The van der Waals surface area contributed by atoms with E-state index in [1.165, 1.54) is 31.4 Å². The Bertz CT molecular complexity index is 450. The molecule has 1 saturated heterocycles. The van der Waals surface area contributed by atoms with Gasteiger partial charge in [-0.25, -0.2) is 4.99 Å². The standard InChI is InChI=1S/C18H30N4.HI/c1-3-19-18(20-14-16-10-6-5-7-11-16)21-15-17-12-8-9-13-22(17)4-2;/h5-7,10-11,17H,3-4,8-9,12-15H2,1-2H3,(H2,19,20,21);1H. The second-order valence-electron chi connectivity index (χ2n) is 5.84. The van der Waals surface area contributed by atoms with Gasteiger partial charge in [-0.3, -0.25) is 4.90 Å². The molecule has 1 aliphatic heterocycles. The number of hydrogen-bond donors (Lipinski definition) is 2. The zero-order valence-electron chi connectivity index (χ0n) is 14.4. The highest BCUT2D eigenvalue weighted by atomic mass is 127. The molecular weight excluding hydrogens is 399 g/mol. The monoisotopic (exact) mass is 430 g/mol. The van der Waals surface area contributed by atoms with Crippen LogP contribution in [0.4, 0.5) is 0 Å². The fraction of sp³-hybridized carbons (Fsp3) is 0.611. The Morgan fingerprint density at radius 2 is 1.96 bits per heavy atom. The first-order chi connectivity index (χ1) is 10.8. The zero-order chi connectivity index (χ0) is 15.6. The second kappa shape index (κ2) is 11.7. The molecule has 1 aliphatic rings. The lowest BCUT2D eigenvalue weighted by Gasteiger charge is -2.35. The van der Waals surface area contributed by atoms with Crippen LogP contribution in [0.1, 0.15) is 38.7 Å². The van der Waals surface area contributed by atoms with Crippen LogP contribution in [-0.4, -0.2) is 43.1 Å². The summed E-state index contributed by atoms with van der Waals surface area (Å²) in [7, 11) is 0. The molecule has 1 aromatic carbocycles. The lowest BCUT2D eigenvalue weighted by molar-refractivity contribution is 0.157. The van der Waals surface area contributed by atoms with Crippen molar-refractivity contribution >= 4 is 29.9 Å². The molecule has 5 heteroatoms. The predicted octanol–water partition coefficient (Wildman–Crippen LogP) is 3.23. The van der Waals surface area contributed by atoms with Crippen molar-refractivity contribution in [1.82, 2.24) is 15.5 Å². The Morgan fingerprint density at radius 1 is 1.17 bits per heavy atom. The number of benzene rings is 1. The highest BCUT2D eigenvalue weighted by Gasteiger charge is 2.20. The maximum atomic E-state index is 4.69. The van der Waals surface area contributed by atoms with Crippen LogP contribution in [-0.2, 0) is 6.54 Å². The van der Waals surface area contributed by atoms with Crippen LogP contribution in [0.3, 0.4) is 0 Å². The topological polar surface area (TPSA) is 39.7 Å². The van der Waals surface area contributed by atoms with Gasteiger partial charge in [0.15, 0.2) is 5.96 Å². The van der Waals surface area contributed by atoms with Crippen LogP contribution >= 0.6 is 24.0 Å². The molecular formula is C18H31IN4. The molecule has 23 heavy (non-hydrogen) atoms. The van der Waals surface area contributed by atoms with E-state index in [4.69, 9.17) is 4.99 Å². The first-order valence-corrected chi connectivity index (χ1v) is 8.63. The van der Waals surface area contributed by atoms with E-state index in [0.717, 1.165) is 32.1 Å². The lowest BCUT2D eigenvalue weighted by atomic mass is 10.0. The van der Waals surface area contributed by atoms with E-state index in [-0.39, 0.29) is 24.0 Å². The maximum Gasteiger partial charge on any atom is 0.191 e. The van der Waals surface area contributed by atoms with Crippen LogP contribution < -0.4 is 10.6 Å². The number of aliphatic imine (C=N–C) groups is 1. The van der Waals surface area contributed by atoms with Crippen molar-refractivity contribution in [2.24, 2.45) is 4.99 Å². The van der Waals surface area contributed by atoms with Gasteiger partial charge < -0.3 is 10.6 Å². The van der Waals surface area contributed by atoms with Crippen molar-refractivity contribution in [1.29, 1.82) is 0 Å².